The Hall–Kier alpha value is -2.00. The molecule has 0 amide bonds. The Morgan fingerprint density at radius 2 is 1.93 bits per heavy atom. The van der Waals surface area contributed by atoms with Gasteiger partial charge in [-0.05, 0) is 24.3 Å². The Labute approximate surface area is 83.8 Å². The van der Waals surface area contributed by atoms with Gasteiger partial charge in [-0.15, -0.1) is 0 Å². The van der Waals surface area contributed by atoms with Crippen LogP contribution in [0.25, 0.3) is 4.85 Å². The average molecular weight is 185 g/mol. The standard InChI is InChI=1S/C11H11N3/c1-11(2,13-3)14-10-6-4-9(8-12)5-7-10/h4-7,14H,1-2H3. The smallest absolute Gasteiger partial charge is 0.299 e. The first-order chi connectivity index (χ1) is 6.57. The molecule has 0 aliphatic carbocycles. The summed E-state index contributed by atoms with van der Waals surface area (Å²) in [6.45, 7) is 10.6. The Morgan fingerprint density at radius 3 is 2.36 bits per heavy atom. The second-order valence-corrected chi connectivity index (χ2v) is 3.48. The van der Waals surface area contributed by atoms with Crippen molar-refractivity contribution in [1.29, 1.82) is 5.26 Å². The van der Waals surface area contributed by atoms with Crippen molar-refractivity contribution in [3.05, 3.63) is 41.2 Å². The summed E-state index contributed by atoms with van der Waals surface area (Å²) < 4.78 is 0. The van der Waals surface area contributed by atoms with Gasteiger partial charge in [0, 0.05) is 19.5 Å². The molecule has 0 radical (unpaired) electrons. The predicted molar refractivity (Wildman–Crippen MR) is 55.5 cm³/mol. The fourth-order valence-electron chi connectivity index (χ4n) is 1.01. The first-order valence-electron chi connectivity index (χ1n) is 4.24. The van der Waals surface area contributed by atoms with Gasteiger partial charge in [0.1, 0.15) is 0 Å². The quantitative estimate of drug-likeness (QED) is 0.719. The van der Waals surface area contributed by atoms with Gasteiger partial charge in [-0.1, -0.05) is 0 Å². The molecule has 70 valence electrons. The second kappa shape index (κ2) is 3.81. The third kappa shape index (κ3) is 2.50. The molecule has 1 N–H and O–H groups in total. The van der Waals surface area contributed by atoms with E-state index in [4.69, 9.17) is 11.8 Å². The third-order valence-corrected chi connectivity index (χ3v) is 1.74. The zero-order valence-corrected chi connectivity index (χ0v) is 8.20. The topological polar surface area (TPSA) is 40.2 Å². The Balaban J connectivity index is 2.81. The maximum absolute atomic E-state index is 8.59. The van der Waals surface area contributed by atoms with Crippen molar-refractivity contribution < 1.29 is 0 Å². The van der Waals surface area contributed by atoms with Crippen LogP contribution in [0.3, 0.4) is 0 Å². The summed E-state index contributed by atoms with van der Waals surface area (Å²) in [6.07, 6.45) is 0. The molecule has 0 fully saturated rings. The van der Waals surface area contributed by atoms with Crippen molar-refractivity contribution >= 4 is 5.69 Å². The summed E-state index contributed by atoms with van der Waals surface area (Å²) in [5, 5.41) is 11.6. The van der Waals surface area contributed by atoms with E-state index in [1.54, 1.807) is 38.1 Å². The molecule has 3 nitrogen and oxygen atoms in total. The van der Waals surface area contributed by atoms with E-state index in [1.165, 1.54) is 0 Å². The van der Waals surface area contributed by atoms with Crippen LogP contribution in [0, 0.1) is 17.9 Å². The van der Waals surface area contributed by atoms with Gasteiger partial charge >= 0.3 is 0 Å². The summed E-state index contributed by atoms with van der Waals surface area (Å²) in [7, 11) is 0. The lowest BCUT2D eigenvalue weighted by atomic mass is 10.2. The van der Waals surface area contributed by atoms with Crippen LogP contribution >= 0.6 is 0 Å². The Morgan fingerprint density at radius 1 is 1.36 bits per heavy atom. The summed E-state index contributed by atoms with van der Waals surface area (Å²) in [4.78, 5) is 3.43. The molecule has 3 heteroatoms. The molecule has 1 rings (SSSR count). The van der Waals surface area contributed by atoms with Gasteiger partial charge < -0.3 is 5.32 Å². The molecule has 0 saturated heterocycles. The highest BCUT2D eigenvalue weighted by atomic mass is 15.1. The summed E-state index contributed by atoms with van der Waals surface area (Å²) in [5.41, 5.74) is 0.870. The normalized spacial score (nSPS) is 10.0. The molecule has 0 aliphatic rings. The molecule has 0 heterocycles. The molecule has 1 aromatic carbocycles. The van der Waals surface area contributed by atoms with Gasteiger partial charge in [0.25, 0.3) is 5.66 Å². The van der Waals surface area contributed by atoms with E-state index < -0.39 is 5.66 Å². The van der Waals surface area contributed by atoms with E-state index in [2.05, 4.69) is 10.2 Å². The number of hydrogen-bond donors (Lipinski definition) is 1. The molecule has 14 heavy (non-hydrogen) atoms. The van der Waals surface area contributed by atoms with Crippen LogP contribution in [-0.4, -0.2) is 5.66 Å². The predicted octanol–water partition coefficient (Wildman–Crippen LogP) is 2.63. The fourth-order valence-corrected chi connectivity index (χ4v) is 1.01. The number of benzene rings is 1. The van der Waals surface area contributed by atoms with E-state index in [0.29, 0.717) is 5.56 Å². The number of nitrogens with zero attached hydrogens (tertiary/aromatic N) is 2. The van der Waals surface area contributed by atoms with Crippen molar-refractivity contribution in [2.24, 2.45) is 0 Å². The lowest BCUT2D eigenvalue weighted by molar-refractivity contribution is 0.707. The number of nitrogens with one attached hydrogen (secondary N) is 1. The minimum atomic E-state index is -0.603. The van der Waals surface area contributed by atoms with Crippen LogP contribution in [0.2, 0.25) is 0 Å². The number of hydrogen-bond acceptors (Lipinski definition) is 2. The molecule has 1 aromatic rings. The fraction of sp³-hybridized carbons (Fsp3) is 0.273. The monoisotopic (exact) mass is 185 g/mol. The summed E-state index contributed by atoms with van der Waals surface area (Å²) in [5.74, 6) is 0. The molecule has 0 aliphatic heterocycles. The van der Waals surface area contributed by atoms with E-state index in [-0.39, 0.29) is 0 Å². The molecule has 0 bridgehead atoms. The van der Waals surface area contributed by atoms with E-state index >= 15 is 0 Å². The van der Waals surface area contributed by atoms with Gasteiger partial charge in [0.15, 0.2) is 0 Å². The molecular weight excluding hydrogens is 174 g/mol. The molecule has 0 spiro atoms. The lowest BCUT2D eigenvalue weighted by Gasteiger charge is -2.14. The van der Waals surface area contributed by atoms with E-state index in [0.717, 1.165) is 5.69 Å². The lowest BCUT2D eigenvalue weighted by Crippen LogP contribution is -2.25. The zero-order valence-electron chi connectivity index (χ0n) is 8.20. The highest BCUT2D eigenvalue weighted by Crippen LogP contribution is 2.16. The largest absolute Gasteiger partial charge is 0.315 e. The van der Waals surface area contributed by atoms with E-state index in [1.807, 2.05) is 6.07 Å². The minimum absolute atomic E-state index is 0.603. The van der Waals surface area contributed by atoms with E-state index in [9.17, 15) is 0 Å². The van der Waals surface area contributed by atoms with Crippen molar-refractivity contribution in [3.8, 4) is 6.07 Å². The molecule has 0 unspecified atom stereocenters. The minimum Gasteiger partial charge on any atom is -0.315 e. The van der Waals surface area contributed by atoms with Gasteiger partial charge in [0.05, 0.1) is 11.6 Å². The van der Waals surface area contributed by atoms with Crippen molar-refractivity contribution in [1.82, 2.24) is 0 Å². The zero-order chi connectivity index (χ0) is 10.6. The Kier molecular flexibility index (Phi) is 2.74. The third-order valence-electron chi connectivity index (χ3n) is 1.74. The second-order valence-electron chi connectivity index (χ2n) is 3.48. The van der Waals surface area contributed by atoms with Crippen LogP contribution in [0.1, 0.15) is 19.4 Å². The summed E-state index contributed by atoms with van der Waals surface area (Å²) in [6, 6.07) is 9.09. The van der Waals surface area contributed by atoms with Crippen molar-refractivity contribution in [3.63, 3.8) is 0 Å². The molecule has 0 saturated carbocycles. The molecule has 0 atom stereocenters. The van der Waals surface area contributed by atoms with Crippen LogP contribution < -0.4 is 5.32 Å². The van der Waals surface area contributed by atoms with Crippen LogP contribution in [0.15, 0.2) is 24.3 Å². The highest BCUT2D eigenvalue weighted by molar-refractivity contribution is 5.49. The number of nitriles is 1. The van der Waals surface area contributed by atoms with Crippen LogP contribution in [-0.2, 0) is 0 Å². The van der Waals surface area contributed by atoms with Gasteiger partial charge in [0.2, 0.25) is 0 Å². The number of anilines is 1. The maximum Gasteiger partial charge on any atom is 0.299 e. The SMILES string of the molecule is [C-]#[N+]C(C)(C)Nc1ccc(C#N)cc1. The van der Waals surface area contributed by atoms with Crippen LogP contribution in [0.5, 0.6) is 0 Å². The molecular formula is C11H11N3. The first-order valence-corrected chi connectivity index (χ1v) is 4.24. The van der Waals surface area contributed by atoms with Crippen LogP contribution in [0.4, 0.5) is 5.69 Å². The summed E-state index contributed by atoms with van der Waals surface area (Å²) >= 11 is 0. The van der Waals surface area contributed by atoms with Gasteiger partial charge in [-0.25, -0.2) is 6.57 Å². The maximum atomic E-state index is 8.59. The number of rotatable bonds is 2. The van der Waals surface area contributed by atoms with Gasteiger partial charge in [-0.2, -0.15) is 5.26 Å². The van der Waals surface area contributed by atoms with Crippen molar-refractivity contribution in [2.45, 2.75) is 19.5 Å². The highest BCUT2D eigenvalue weighted by Gasteiger charge is 2.21. The Bertz CT molecular complexity index is 390. The van der Waals surface area contributed by atoms with Crippen molar-refractivity contribution in [2.75, 3.05) is 5.32 Å². The average Bonchev–Trinajstić information content (AvgIpc) is 2.19. The van der Waals surface area contributed by atoms with Gasteiger partial charge in [-0.3, -0.25) is 4.85 Å². The first kappa shape index (κ1) is 10.1. The molecule has 0 aromatic heterocycles.